The van der Waals surface area contributed by atoms with E-state index in [1.807, 2.05) is 27.2 Å². The quantitative estimate of drug-likeness (QED) is 0.773. The lowest BCUT2D eigenvalue weighted by atomic mass is 10.1. The Hall–Kier alpha value is -2.25. The summed E-state index contributed by atoms with van der Waals surface area (Å²) in [5, 5.41) is 5.14. The van der Waals surface area contributed by atoms with Crippen molar-refractivity contribution in [3.8, 4) is 0 Å². The molecular formula is C17H21N5OS. The molecule has 0 aromatic carbocycles. The van der Waals surface area contributed by atoms with Gasteiger partial charge in [0.05, 0.1) is 11.7 Å². The van der Waals surface area contributed by atoms with Crippen LogP contribution in [0.15, 0.2) is 29.9 Å². The van der Waals surface area contributed by atoms with Crippen molar-refractivity contribution >= 4 is 23.0 Å². The van der Waals surface area contributed by atoms with Gasteiger partial charge >= 0.3 is 0 Å². The van der Waals surface area contributed by atoms with Crippen LogP contribution >= 0.6 is 11.3 Å². The van der Waals surface area contributed by atoms with Crippen LogP contribution in [-0.4, -0.2) is 45.8 Å². The van der Waals surface area contributed by atoms with Crippen molar-refractivity contribution in [1.29, 1.82) is 0 Å². The van der Waals surface area contributed by atoms with Gasteiger partial charge in [-0.25, -0.2) is 9.97 Å². The van der Waals surface area contributed by atoms with Gasteiger partial charge in [-0.3, -0.25) is 9.20 Å². The summed E-state index contributed by atoms with van der Waals surface area (Å²) < 4.78 is 1.73. The lowest BCUT2D eigenvalue weighted by molar-refractivity contribution is 0.0935. The highest BCUT2D eigenvalue weighted by atomic mass is 32.1. The topological polar surface area (TPSA) is 62.5 Å². The predicted octanol–water partition coefficient (Wildman–Crippen LogP) is 2.44. The number of aryl methyl sites for hydroxylation is 2. The molecule has 0 aliphatic heterocycles. The number of carbonyl (C=O) groups is 1. The fourth-order valence-electron chi connectivity index (χ4n) is 2.78. The highest BCUT2D eigenvalue weighted by molar-refractivity contribution is 7.10. The number of hydrogen-bond acceptors (Lipinski definition) is 5. The van der Waals surface area contributed by atoms with E-state index in [2.05, 4.69) is 38.6 Å². The van der Waals surface area contributed by atoms with Crippen LogP contribution in [0.3, 0.4) is 0 Å². The van der Waals surface area contributed by atoms with Gasteiger partial charge in [-0.15, -0.1) is 11.3 Å². The van der Waals surface area contributed by atoms with Crippen LogP contribution in [0.25, 0.3) is 5.78 Å². The molecule has 0 bridgehead atoms. The summed E-state index contributed by atoms with van der Waals surface area (Å²) in [6.45, 7) is 4.47. The Bertz CT molecular complexity index is 867. The molecular weight excluding hydrogens is 322 g/mol. The minimum absolute atomic E-state index is 0.131. The Labute approximate surface area is 145 Å². The van der Waals surface area contributed by atoms with E-state index < -0.39 is 0 Å². The van der Waals surface area contributed by atoms with Crippen molar-refractivity contribution in [2.45, 2.75) is 19.9 Å². The third-order valence-corrected chi connectivity index (χ3v) is 5.20. The average Bonchev–Trinajstić information content (AvgIpc) is 3.09. The minimum Gasteiger partial charge on any atom is -0.349 e. The smallest absolute Gasteiger partial charge is 0.270 e. The molecule has 0 saturated carbocycles. The van der Waals surface area contributed by atoms with Gasteiger partial charge in [0.25, 0.3) is 5.91 Å². The molecule has 0 saturated heterocycles. The van der Waals surface area contributed by atoms with E-state index in [1.54, 1.807) is 28.0 Å². The number of hydrogen-bond donors (Lipinski definition) is 1. The van der Waals surface area contributed by atoms with Crippen molar-refractivity contribution in [2.24, 2.45) is 0 Å². The first-order valence-corrected chi connectivity index (χ1v) is 8.65. The molecule has 0 aliphatic carbocycles. The zero-order valence-electron chi connectivity index (χ0n) is 14.3. The summed E-state index contributed by atoms with van der Waals surface area (Å²) in [4.78, 5) is 24.6. The fraction of sp³-hybridized carbons (Fsp3) is 0.353. The van der Waals surface area contributed by atoms with Crippen molar-refractivity contribution in [3.63, 3.8) is 0 Å². The number of imidazole rings is 1. The van der Waals surface area contributed by atoms with Gasteiger partial charge in [-0.1, -0.05) is 0 Å². The van der Waals surface area contributed by atoms with Crippen molar-refractivity contribution in [3.05, 3.63) is 51.7 Å². The maximum absolute atomic E-state index is 12.7. The number of carbonyl (C=O) groups excluding carboxylic acids is 1. The van der Waals surface area contributed by atoms with Gasteiger partial charge in [-0.05, 0) is 51.0 Å². The second kappa shape index (κ2) is 6.70. The second-order valence-electron chi connectivity index (χ2n) is 5.99. The van der Waals surface area contributed by atoms with Crippen molar-refractivity contribution in [1.82, 2.24) is 24.6 Å². The first-order chi connectivity index (χ1) is 11.5. The van der Waals surface area contributed by atoms with Gasteiger partial charge < -0.3 is 10.2 Å². The Morgan fingerprint density at radius 1 is 1.42 bits per heavy atom. The summed E-state index contributed by atoms with van der Waals surface area (Å²) in [5.74, 6) is 0.410. The number of rotatable bonds is 5. The Balaban J connectivity index is 1.81. The number of likely N-dealkylation sites (N-methyl/N-ethyl adjacent to an activating group) is 1. The number of nitrogens with one attached hydrogen (secondary N) is 1. The summed E-state index contributed by atoms with van der Waals surface area (Å²) in [6.07, 6.45) is 3.48. The summed E-state index contributed by atoms with van der Waals surface area (Å²) >= 11 is 1.72. The predicted molar refractivity (Wildman–Crippen MR) is 95.5 cm³/mol. The van der Waals surface area contributed by atoms with Crippen molar-refractivity contribution in [2.75, 3.05) is 20.6 Å². The van der Waals surface area contributed by atoms with Crippen LogP contribution in [0.1, 0.15) is 32.7 Å². The first-order valence-electron chi connectivity index (χ1n) is 7.77. The van der Waals surface area contributed by atoms with E-state index in [1.165, 1.54) is 10.4 Å². The SMILES string of the molecule is Cc1ccsc1[C@@H](CNC(=O)c1c(C)nc2ncccn12)N(C)C. The van der Waals surface area contributed by atoms with Gasteiger partial charge in [0.15, 0.2) is 0 Å². The van der Waals surface area contributed by atoms with E-state index >= 15 is 0 Å². The molecule has 0 spiro atoms. The molecule has 126 valence electrons. The molecule has 1 N–H and O–H groups in total. The largest absolute Gasteiger partial charge is 0.349 e. The monoisotopic (exact) mass is 343 g/mol. The molecule has 1 atom stereocenters. The average molecular weight is 343 g/mol. The first kappa shape index (κ1) is 16.6. The number of thiophene rings is 1. The van der Waals surface area contributed by atoms with Gasteiger partial charge in [-0.2, -0.15) is 0 Å². The normalized spacial score (nSPS) is 12.7. The number of fused-ring (bicyclic) bond motifs is 1. The molecule has 1 amide bonds. The summed E-state index contributed by atoms with van der Waals surface area (Å²) in [7, 11) is 4.05. The molecule has 0 fully saturated rings. The third kappa shape index (κ3) is 3.05. The fourth-order valence-corrected chi connectivity index (χ4v) is 3.90. The Morgan fingerprint density at radius 2 is 2.21 bits per heavy atom. The minimum atomic E-state index is -0.131. The summed E-state index contributed by atoms with van der Waals surface area (Å²) in [5.41, 5.74) is 2.47. The molecule has 0 aliphatic rings. The van der Waals surface area contributed by atoms with Crippen LogP contribution in [0.5, 0.6) is 0 Å². The zero-order chi connectivity index (χ0) is 17.3. The molecule has 6 nitrogen and oxygen atoms in total. The van der Waals surface area contributed by atoms with Crippen LogP contribution in [-0.2, 0) is 0 Å². The molecule has 3 rings (SSSR count). The standard InChI is InChI=1S/C17H21N5OS/c1-11-6-9-24-15(11)13(21(3)4)10-19-16(23)14-12(2)20-17-18-7-5-8-22(14)17/h5-9,13H,10H2,1-4H3,(H,19,23)/t13-/m1/s1. The Kier molecular flexibility index (Phi) is 4.64. The number of amides is 1. The molecule has 24 heavy (non-hydrogen) atoms. The van der Waals surface area contributed by atoms with E-state index in [-0.39, 0.29) is 11.9 Å². The summed E-state index contributed by atoms with van der Waals surface area (Å²) in [6, 6.07) is 4.05. The molecule has 3 heterocycles. The molecule has 0 unspecified atom stereocenters. The maximum atomic E-state index is 12.7. The van der Waals surface area contributed by atoms with Crippen LogP contribution < -0.4 is 5.32 Å². The van der Waals surface area contributed by atoms with Crippen LogP contribution in [0, 0.1) is 13.8 Å². The van der Waals surface area contributed by atoms with Crippen LogP contribution in [0.2, 0.25) is 0 Å². The van der Waals surface area contributed by atoms with E-state index in [9.17, 15) is 4.79 Å². The molecule has 3 aromatic heterocycles. The van der Waals surface area contributed by atoms with Gasteiger partial charge in [0, 0.05) is 23.8 Å². The highest BCUT2D eigenvalue weighted by Gasteiger charge is 2.21. The lowest BCUT2D eigenvalue weighted by Gasteiger charge is -2.24. The van der Waals surface area contributed by atoms with E-state index in [0.717, 1.165) is 0 Å². The van der Waals surface area contributed by atoms with Crippen molar-refractivity contribution < 1.29 is 4.79 Å². The van der Waals surface area contributed by atoms with Gasteiger partial charge in [0.1, 0.15) is 5.69 Å². The molecule has 3 aromatic rings. The highest BCUT2D eigenvalue weighted by Crippen LogP contribution is 2.26. The van der Waals surface area contributed by atoms with Crippen LogP contribution in [0.4, 0.5) is 0 Å². The molecule has 7 heteroatoms. The van der Waals surface area contributed by atoms with Gasteiger partial charge in [0.2, 0.25) is 5.78 Å². The number of nitrogens with zero attached hydrogens (tertiary/aromatic N) is 4. The lowest BCUT2D eigenvalue weighted by Crippen LogP contribution is -2.35. The Morgan fingerprint density at radius 3 is 2.88 bits per heavy atom. The third-order valence-electron chi connectivity index (χ3n) is 4.08. The number of aromatic nitrogens is 3. The zero-order valence-corrected chi connectivity index (χ0v) is 15.1. The molecule has 0 radical (unpaired) electrons. The second-order valence-corrected chi connectivity index (χ2v) is 6.94. The van der Waals surface area contributed by atoms with E-state index in [4.69, 9.17) is 0 Å². The maximum Gasteiger partial charge on any atom is 0.270 e. The van der Waals surface area contributed by atoms with E-state index in [0.29, 0.717) is 23.7 Å².